The summed E-state index contributed by atoms with van der Waals surface area (Å²) in [6.45, 7) is 0. The van der Waals surface area contributed by atoms with Crippen LogP contribution in [-0.2, 0) is 0 Å². The van der Waals surface area contributed by atoms with E-state index in [4.69, 9.17) is 0 Å². The van der Waals surface area contributed by atoms with Crippen LogP contribution in [0.4, 0.5) is 0 Å². The molecule has 1 fully saturated rings. The first-order valence-corrected chi connectivity index (χ1v) is 6.90. The Morgan fingerprint density at radius 1 is 1.38 bits per heavy atom. The molecule has 3 nitrogen and oxygen atoms in total. The second-order valence-electron chi connectivity index (χ2n) is 4.39. The molecule has 0 saturated heterocycles. The molecule has 1 aromatic heterocycles. The highest BCUT2D eigenvalue weighted by atomic mass is 32.2. The Labute approximate surface area is 101 Å². The molecule has 2 rings (SSSR count). The molecule has 1 atom stereocenters. The molecule has 4 heteroatoms. The molecule has 16 heavy (non-hydrogen) atoms. The van der Waals surface area contributed by atoms with Crippen molar-refractivity contribution in [3.8, 4) is 0 Å². The van der Waals surface area contributed by atoms with Crippen molar-refractivity contribution in [3.05, 3.63) is 18.6 Å². The van der Waals surface area contributed by atoms with Crippen LogP contribution in [0.2, 0.25) is 0 Å². The lowest BCUT2D eigenvalue weighted by Gasteiger charge is -2.14. The van der Waals surface area contributed by atoms with Crippen molar-refractivity contribution < 1.29 is 5.11 Å². The van der Waals surface area contributed by atoms with Crippen molar-refractivity contribution in [1.82, 2.24) is 9.97 Å². The molecule has 1 heterocycles. The van der Waals surface area contributed by atoms with Crippen molar-refractivity contribution in [2.45, 2.75) is 43.2 Å². The summed E-state index contributed by atoms with van der Waals surface area (Å²) in [5.74, 6) is 1.48. The van der Waals surface area contributed by atoms with Gasteiger partial charge >= 0.3 is 0 Å². The highest BCUT2D eigenvalue weighted by molar-refractivity contribution is 7.99. The average Bonchev–Trinajstić information content (AvgIpc) is 2.81. The van der Waals surface area contributed by atoms with E-state index in [1.165, 1.54) is 25.7 Å². The van der Waals surface area contributed by atoms with Gasteiger partial charge in [-0.25, -0.2) is 4.98 Å². The number of aromatic nitrogens is 2. The van der Waals surface area contributed by atoms with E-state index in [2.05, 4.69) is 9.97 Å². The van der Waals surface area contributed by atoms with E-state index in [1.807, 2.05) is 0 Å². The zero-order chi connectivity index (χ0) is 11.2. The van der Waals surface area contributed by atoms with Crippen molar-refractivity contribution in [2.75, 3.05) is 5.75 Å². The SMILES string of the molecule is OC(CSc1cnccn1)CC1CCCC1. The zero-order valence-corrected chi connectivity index (χ0v) is 10.2. The maximum absolute atomic E-state index is 9.90. The summed E-state index contributed by atoms with van der Waals surface area (Å²) in [6, 6.07) is 0. The van der Waals surface area contributed by atoms with Crippen molar-refractivity contribution >= 4 is 11.8 Å². The molecule has 0 spiro atoms. The minimum absolute atomic E-state index is 0.199. The largest absolute Gasteiger partial charge is 0.392 e. The first kappa shape index (κ1) is 11.9. The van der Waals surface area contributed by atoms with E-state index in [-0.39, 0.29) is 6.10 Å². The molecular formula is C12H18N2OS. The number of thioether (sulfide) groups is 1. The minimum Gasteiger partial charge on any atom is -0.392 e. The van der Waals surface area contributed by atoms with E-state index >= 15 is 0 Å². The Kier molecular flexibility index (Phi) is 4.60. The highest BCUT2D eigenvalue weighted by Crippen LogP contribution is 2.29. The number of aliphatic hydroxyl groups is 1. The first-order chi connectivity index (χ1) is 7.84. The van der Waals surface area contributed by atoms with Gasteiger partial charge in [0.1, 0.15) is 5.03 Å². The Morgan fingerprint density at radius 2 is 2.19 bits per heavy atom. The molecular weight excluding hydrogens is 220 g/mol. The third kappa shape index (κ3) is 3.76. The molecule has 0 aliphatic heterocycles. The average molecular weight is 238 g/mol. The first-order valence-electron chi connectivity index (χ1n) is 5.91. The Morgan fingerprint density at radius 3 is 2.88 bits per heavy atom. The van der Waals surface area contributed by atoms with Gasteiger partial charge in [0.2, 0.25) is 0 Å². The van der Waals surface area contributed by atoms with E-state index in [1.54, 1.807) is 30.4 Å². The molecule has 0 aromatic carbocycles. The van der Waals surface area contributed by atoms with E-state index in [0.29, 0.717) is 0 Å². The molecule has 0 amide bonds. The molecule has 0 bridgehead atoms. The number of aliphatic hydroxyl groups excluding tert-OH is 1. The summed E-state index contributed by atoms with van der Waals surface area (Å²) < 4.78 is 0. The monoisotopic (exact) mass is 238 g/mol. The number of nitrogens with zero attached hydrogens (tertiary/aromatic N) is 2. The maximum atomic E-state index is 9.90. The predicted octanol–water partition coefficient (Wildman–Crippen LogP) is 2.51. The molecule has 1 aromatic rings. The number of rotatable bonds is 5. The number of hydrogen-bond donors (Lipinski definition) is 1. The van der Waals surface area contributed by atoms with Crippen LogP contribution >= 0.6 is 11.8 Å². The minimum atomic E-state index is -0.199. The van der Waals surface area contributed by atoms with Gasteiger partial charge in [0.05, 0.1) is 12.3 Å². The van der Waals surface area contributed by atoms with Gasteiger partial charge in [0.25, 0.3) is 0 Å². The summed E-state index contributed by atoms with van der Waals surface area (Å²) in [7, 11) is 0. The molecule has 1 aliphatic carbocycles. The lowest BCUT2D eigenvalue weighted by molar-refractivity contribution is 0.165. The van der Waals surface area contributed by atoms with Gasteiger partial charge < -0.3 is 5.11 Å². The van der Waals surface area contributed by atoms with Crippen molar-refractivity contribution in [2.24, 2.45) is 5.92 Å². The van der Waals surface area contributed by atoms with Crippen molar-refractivity contribution in [3.63, 3.8) is 0 Å². The van der Waals surface area contributed by atoms with Crippen LogP contribution in [0.3, 0.4) is 0 Å². The molecule has 88 valence electrons. The second-order valence-corrected chi connectivity index (χ2v) is 5.43. The third-order valence-corrected chi connectivity index (χ3v) is 4.10. The van der Waals surface area contributed by atoms with Crippen LogP contribution < -0.4 is 0 Å². The summed E-state index contributed by atoms with van der Waals surface area (Å²) >= 11 is 1.59. The normalized spacial score (nSPS) is 18.8. The topological polar surface area (TPSA) is 46.0 Å². The summed E-state index contributed by atoms with van der Waals surface area (Å²) in [6.07, 6.45) is 11.1. The van der Waals surface area contributed by atoms with Gasteiger partial charge in [-0.3, -0.25) is 4.98 Å². The standard InChI is InChI=1S/C12H18N2OS/c15-11(7-10-3-1-2-4-10)9-16-12-8-13-5-6-14-12/h5-6,8,10-11,15H,1-4,7,9H2. The second kappa shape index (κ2) is 6.21. The zero-order valence-electron chi connectivity index (χ0n) is 9.38. The van der Waals surface area contributed by atoms with E-state index < -0.39 is 0 Å². The summed E-state index contributed by atoms with van der Waals surface area (Å²) in [5.41, 5.74) is 0. The smallest absolute Gasteiger partial charge is 0.114 e. The molecule has 1 saturated carbocycles. The Hall–Kier alpha value is -0.610. The fourth-order valence-corrected chi connectivity index (χ4v) is 3.01. The molecule has 1 unspecified atom stereocenters. The quantitative estimate of drug-likeness (QED) is 0.801. The Balaban J connectivity index is 1.69. The van der Waals surface area contributed by atoms with Gasteiger partial charge in [-0.1, -0.05) is 25.7 Å². The van der Waals surface area contributed by atoms with Gasteiger partial charge in [-0.05, 0) is 12.3 Å². The fraction of sp³-hybridized carbons (Fsp3) is 0.667. The third-order valence-electron chi connectivity index (χ3n) is 3.04. The lowest BCUT2D eigenvalue weighted by atomic mass is 10.0. The van der Waals surface area contributed by atoms with Crippen LogP contribution in [0.5, 0.6) is 0 Å². The fourth-order valence-electron chi connectivity index (χ4n) is 2.24. The highest BCUT2D eigenvalue weighted by Gasteiger charge is 2.18. The van der Waals surface area contributed by atoms with Crippen LogP contribution in [0, 0.1) is 5.92 Å². The molecule has 1 N–H and O–H groups in total. The van der Waals surface area contributed by atoms with Gasteiger partial charge in [0.15, 0.2) is 0 Å². The van der Waals surface area contributed by atoms with Crippen LogP contribution in [-0.4, -0.2) is 26.9 Å². The Bertz CT molecular complexity index is 301. The van der Waals surface area contributed by atoms with Gasteiger partial charge in [-0.15, -0.1) is 11.8 Å². The van der Waals surface area contributed by atoms with E-state index in [0.717, 1.165) is 23.1 Å². The van der Waals surface area contributed by atoms with Crippen LogP contribution in [0.1, 0.15) is 32.1 Å². The van der Waals surface area contributed by atoms with Gasteiger partial charge in [0, 0.05) is 18.1 Å². The molecule has 1 aliphatic rings. The van der Waals surface area contributed by atoms with Crippen molar-refractivity contribution in [1.29, 1.82) is 0 Å². The maximum Gasteiger partial charge on any atom is 0.114 e. The van der Waals surface area contributed by atoms with Crippen LogP contribution in [0.15, 0.2) is 23.6 Å². The van der Waals surface area contributed by atoms with Crippen LogP contribution in [0.25, 0.3) is 0 Å². The number of hydrogen-bond acceptors (Lipinski definition) is 4. The van der Waals surface area contributed by atoms with Gasteiger partial charge in [-0.2, -0.15) is 0 Å². The predicted molar refractivity (Wildman–Crippen MR) is 65.3 cm³/mol. The summed E-state index contributed by atoms with van der Waals surface area (Å²) in [5, 5.41) is 10.8. The molecule has 0 radical (unpaired) electrons. The summed E-state index contributed by atoms with van der Waals surface area (Å²) in [4.78, 5) is 8.17. The lowest BCUT2D eigenvalue weighted by Crippen LogP contribution is -2.14. The van der Waals surface area contributed by atoms with E-state index in [9.17, 15) is 5.11 Å².